The zero-order chi connectivity index (χ0) is 18.2. The minimum absolute atomic E-state index is 0.0474. The van der Waals surface area contributed by atoms with E-state index in [2.05, 4.69) is 46.7 Å². The third kappa shape index (κ3) is 5.67. The number of ether oxygens (including phenoxy) is 1. The Bertz CT molecular complexity index is 832. The molecule has 1 heterocycles. The molecule has 0 radical (unpaired) electrons. The summed E-state index contributed by atoms with van der Waals surface area (Å²) in [6, 6.07) is 17.9. The van der Waals surface area contributed by atoms with Crippen LogP contribution < -0.4 is 10.1 Å². The highest BCUT2D eigenvalue weighted by atomic mass is 32.1. The first-order valence-electron chi connectivity index (χ1n) is 8.55. The van der Waals surface area contributed by atoms with Crippen LogP contribution in [0.15, 0.2) is 54.6 Å². The molecule has 6 heteroatoms. The van der Waals surface area contributed by atoms with E-state index in [1.165, 1.54) is 16.9 Å². The molecule has 0 bridgehead atoms. The van der Waals surface area contributed by atoms with Gasteiger partial charge in [0.25, 0.3) is 0 Å². The number of aryl methyl sites for hydroxylation is 2. The van der Waals surface area contributed by atoms with E-state index in [1.54, 1.807) is 0 Å². The molecule has 134 valence electrons. The molecule has 26 heavy (non-hydrogen) atoms. The number of rotatable bonds is 8. The van der Waals surface area contributed by atoms with Gasteiger partial charge in [-0.3, -0.25) is 4.79 Å². The Kier molecular flexibility index (Phi) is 6.33. The molecule has 1 amide bonds. The van der Waals surface area contributed by atoms with Gasteiger partial charge in [0.2, 0.25) is 11.0 Å². The summed E-state index contributed by atoms with van der Waals surface area (Å²) >= 11 is 1.39. The molecule has 3 aromatic rings. The van der Waals surface area contributed by atoms with Crippen LogP contribution in [0.4, 0.5) is 5.13 Å². The van der Waals surface area contributed by atoms with E-state index in [9.17, 15) is 4.79 Å². The molecule has 0 aliphatic heterocycles. The van der Waals surface area contributed by atoms with Crippen molar-refractivity contribution in [1.29, 1.82) is 0 Å². The lowest BCUT2D eigenvalue weighted by atomic mass is 10.1. The Morgan fingerprint density at radius 1 is 1.04 bits per heavy atom. The maximum Gasteiger partial charge on any atom is 0.226 e. The summed E-state index contributed by atoms with van der Waals surface area (Å²) in [5.74, 6) is 0.787. The van der Waals surface area contributed by atoms with Gasteiger partial charge in [-0.25, -0.2) is 0 Å². The molecule has 0 atom stereocenters. The fourth-order valence-electron chi connectivity index (χ4n) is 2.37. The molecular formula is C20H21N3O2S. The zero-order valence-electron chi connectivity index (χ0n) is 14.6. The van der Waals surface area contributed by atoms with E-state index in [-0.39, 0.29) is 5.91 Å². The first-order chi connectivity index (χ1) is 12.7. The average molecular weight is 367 g/mol. The molecular weight excluding hydrogens is 346 g/mol. The van der Waals surface area contributed by atoms with Crippen molar-refractivity contribution in [2.75, 3.05) is 11.9 Å². The van der Waals surface area contributed by atoms with Crippen LogP contribution in [0, 0.1) is 6.92 Å². The number of carbonyl (C=O) groups excluding carboxylic acids is 1. The lowest BCUT2D eigenvalue weighted by Crippen LogP contribution is -2.12. The lowest BCUT2D eigenvalue weighted by Gasteiger charge is -2.03. The number of nitrogens with one attached hydrogen (secondary N) is 1. The summed E-state index contributed by atoms with van der Waals surface area (Å²) in [5, 5.41) is 12.3. The normalized spacial score (nSPS) is 10.5. The topological polar surface area (TPSA) is 64.1 Å². The molecule has 1 aromatic heterocycles. The SMILES string of the molecule is Cc1ccc(CCC(=O)Nc2nnc(CCOc3ccccc3)s2)cc1. The van der Waals surface area contributed by atoms with Gasteiger partial charge in [0.1, 0.15) is 10.8 Å². The third-order valence-electron chi connectivity index (χ3n) is 3.80. The fourth-order valence-corrected chi connectivity index (χ4v) is 3.11. The number of nitrogens with zero attached hydrogens (tertiary/aromatic N) is 2. The molecule has 3 rings (SSSR count). The number of aromatic nitrogens is 2. The Balaban J connectivity index is 1.41. The molecule has 2 aromatic carbocycles. The van der Waals surface area contributed by atoms with Gasteiger partial charge in [-0.1, -0.05) is 59.4 Å². The summed E-state index contributed by atoms with van der Waals surface area (Å²) in [5.41, 5.74) is 2.37. The van der Waals surface area contributed by atoms with Crippen LogP contribution in [0.25, 0.3) is 0 Å². The minimum atomic E-state index is -0.0474. The molecule has 0 fully saturated rings. The molecule has 1 N–H and O–H groups in total. The van der Waals surface area contributed by atoms with Crippen molar-refractivity contribution in [2.24, 2.45) is 0 Å². The monoisotopic (exact) mass is 367 g/mol. The second kappa shape index (κ2) is 9.10. The van der Waals surface area contributed by atoms with Gasteiger partial charge in [-0.15, -0.1) is 10.2 Å². The number of hydrogen-bond donors (Lipinski definition) is 1. The first-order valence-corrected chi connectivity index (χ1v) is 9.36. The maximum atomic E-state index is 12.1. The van der Waals surface area contributed by atoms with Crippen molar-refractivity contribution in [3.05, 3.63) is 70.7 Å². The summed E-state index contributed by atoms with van der Waals surface area (Å²) in [6.07, 6.45) is 1.80. The van der Waals surface area contributed by atoms with Crippen LogP contribution in [0.1, 0.15) is 22.6 Å². The molecule has 0 saturated carbocycles. The van der Waals surface area contributed by atoms with Crippen molar-refractivity contribution < 1.29 is 9.53 Å². The lowest BCUT2D eigenvalue weighted by molar-refractivity contribution is -0.116. The Hall–Kier alpha value is -2.73. The maximum absolute atomic E-state index is 12.1. The van der Waals surface area contributed by atoms with Crippen molar-refractivity contribution >= 4 is 22.4 Å². The van der Waals surface area contributed by atoms with E-state index in [0.717, 1.165) is 16.3 Å². The smallest absolute Gasteiger partial charge is 0.226 e. The molecule has 0 aliphatic rings. The van der Waals surface area contributed by atoms with Crippen LogP contribution in [0.3, 0.4) is 0 Å². The summed E-state index contributed by atoms with van der Waals surface area (Å²) in [7, 11) is 0. The van der Waals surface area contributed by atoms with Crippen molar-refractivity contribution in [3.63, 3.8) is 0 Å². The van der Waals surface area contributed by atoms with Gasteiger partial charge in [0.15, 0.2) is 0 Å². The van der Waals surface area contributed by atoms with E-state index in [0.29, 0.717) is 31.0 Å². The standard InChI is InChI=1S/C20H21N3O2S/c1-15-7-9-16(10-8-15)11-12-18(24)21-20-23-22-19(26-20)13-14-25-17-5-3-2-4-6-17/h2-10H,11-14H2,1H3,(H,21,23,24). The Morgan fingerprint density at radius 3 is 2.58 bits per heavy atom. The van der Waals surface area contributed by atoms with Crippen molar-refractivity contribution in [1.82, 2.24) is 10.2 Å². The summed E-state index contributed by atoms with van der Waals surface area (Å²) in [6.45, 7) is 2.58. The third-order valence-corrected chi connectivity index (χ3v) is 4.70. The second-order valence-corrected chi connectivity index (χ2v) is 7.01. The Morgan fingerprint density at radius 2 is 1.81 bits per heavy atom. The van der Waals surface area contributed by atoms with Gasteiger partial charge >= 0.3 is 0 Å². The highest BCUT2D eigenvalue weighted by molar-refractivity contribution is 7.15. The zero-order valence-corrected chi connectivity index (χ0v) is 15.5. The van der Waals surface area contributed by atoms with E-state index in [1.807, 2.05) is 30.3 Å². The van der Waals surface area contributed by atoms with Crippen LogP contribution in [-0.4, -0.2) is 22.7 Å². The quantitative estimate of drug-likeness (QED) is 0.653. The number of amides is 1. The first kappa shape index (κ1) is 18.1. The van der Waals surface area contributed by atoms with E-state index >= 15 is 0 Å². The molecule has 0 spiro atoms. The summed E-state index contributed by atoms with van der Waals surface area (Å²) < 4.78 is 5.65. The highest BCUT2D eigenvalue weighted by Gasteiger charge is 2.09. The highest BCUT2D eigenvalue weighted by Crippen LogP contribution is 2.17. The van der Waals surface area contributed by atoms with Crippen LogP contribution in [0.2, 0.25) is 0 Å². The number of anilines is 1. The van der Waals surface area contributed by atoms with Crippen LogP contribution in [-0.2, 0) is 17.6 Å². The predicted octanol–water partition coefficient (Wildman–Crippen LogP) is 4.04. The van der Waals surface area contributed by atoms with Gasteiger partial charge in [0.05, 0.1) is 6.61 Å². The number of benzene rings is 2. The van der Waals surface area contributed by atoms with Gasteiger partial charge in [0, 0.05) is 12.8 Å². The fraction of sp³-hybridized carbons (Fsp3) is 0.250. The minimum Gasteiger partial charge on any atom is -0.493 e. The number of para-hydroxylation sites is 1. The van der Waals surface area contributed by atoms with Crippen LogP contribution >= 0.6 is 11.3 Å². The number of hydrogen-bond acceptors (Lipinski definition) is 5. The summed E-state index contributed by atoms with van der Waals surface area (Å²) in [4.78, 5) is 12.1. The predicted molar refractivity (Wildman–Crippen MR) is 104 cm³/mol. The largest absolute Gasteiger partial charge is 0.493 e. The molecule has 5 nitrogen and oxygen atoms in total. The second-order valence-electron chi connectivity index (χ2n) is 5.95. The van der Waals surface area contributed by atoms with Crippen molar-refractivity contribution in [3.8, 4) is 5.75 Å². The Labute approximate surface area is 157 Å². The van der Waals surface area contributed by atoms with Gasteiger partial charge in [-0.05, 0) is 31.0 Å². The molecule has 0 saturated heterocycles. The van der Waals surface area contributed by atoms with E-state index < -0.39 is 0 Å². The van der Waals surface area contributed by atoms with Crippen LogP contribution in [0.5, 0.6) is 5.75 Å². The average Bonchev–Trinajstić information content (AvgIpc) is 3.09. The number of carbonyl (C=O) groups is 1. The van der Waals surface area contributed by atoms with Crippen molar-refractivity contribution in [2.45, 2.75) is 26.2 Å². The van der Waals surface area contributed by atoms with E-state index in [4.69, 9.17) is 4.74 Å². The molecule has 0 aliphatic carbocycles. The van der Waals surface area contributed by atoms with Gasteiger partial charge in [-0.2, -0.15) is 0 Å². The molecule has 0 unspecified atom stereocenters. The van der Waals surface area contributed by atoms with Gasteiger partial charge < -0.3 is 10.1 Å².